The fourth-order valence-electron chi connectivity index (χ4n) is 1.03. The van der Waals surface area contributed by atoms with Gasteiger partial charge in [-0.15, -0.1) is 0 Å². The van der Waals surface area contributed by atoms with E-state index in [0.717, 1.165) is 0 Å². The van der Waals surface area contributed by atoms with Crippen LogP contribution in [-0.4, -0.2) is 35.1 Å². The minimum absolute atomic E-state index is 1.62. The summed E-state index contributed by atoms with van der Waals surface area (Å²) < 4.78 is 0. The molecule has 0 aromatic carbocycles. The number of imidazole rings is 1. The molecule has 0 spiro atoms. The van der Waals surface area contributed by atoms with E-state index >= 15 is 0 Å². The van der Waals surface area contributed by atoms with Crippen LogP contribution in [0.2, 0.25) is 0 Å². The third-order valence-electron chi connectivity index (χ3n) is 1.93. The maximum Gasteiger partial charge on any atom is 0.0919 e. The van der Waals surface area contributed by atoms with Crippen LogP contribution in [0.15, 0.2) is 98.6 Å². The highest BCUT2D eigenvalue weighted by Crippen LogP contribution is 1.73. The molecule has 4 aromatic rings. The summed E-state index contributed by atoms with van der Waals surface area (Å²) in [7, 11) is 0. The van der Waals surface area contributed by atoms with Gasteiger partial charge in [0.15, 0.2) is 0 Å². The number of hydrogen-bond acceptors (Lipinski definition) is 6. The average Bonchev–Trinajstić information content (AvgIpc) is 3.27. The predicted octanol–water partition coefficient (Wildman–Crippen LogP) is 2.44. The molecule has 0 saturated carbocycles. The van der Waals surface area contributed by atoms with Gasteiger partial charge in [0, 0.05) is 62.0 Å². The van der Waals surface area contributed by atoms with Gasteiger partial charge in [0.25, 0.3) is 0 Å². The Kier molecular flexibility index (Phi) is 11.4. The van der Waals surface area contributed by atoms with Crippen LogP contribution in [0.5, 0.6) is 0 Å². The Balaban J connectivity index is 0.000000154. The van der Waals surface area contributed by atoms with E-state index in [1.165, 1.54) is 0 Å². The first kappa shape index (κ1) is 17.6. The molecule has 0 radical (unpaired) electrons. The molecular weight excluding hydrogens is 290 g/mol. The lowest BCUT2D eigenvalue weighted by Crippen LogP contribution is -1.69. The Morgan fingerprint density at radius 2 is 0.957 bits per heavy atom. The molecule has 4 aromatic heterocycles. The number of nitrogens with one attached hydrogen (secondary N) is 1. The van der Waals surface area contributed by atoms with Gasteiger partial charge in [0.1, 0.15) is 0 Å². The van der Waals surface area contributed by atoms with Gasteiger partial charge < -0.3 is 4.98 Å². The van der Waals surface area contributed by atoms with Crippen molar-refractivity contribution in [3.05, 3.63) is 98.6 Å². The van der Waals surface area contributed by atoms with Gasteiger partial charge in [-0.2, -0.15) is 10.2 Å². The molecule has 0 fully saturated rings. The molecule has 0 bridgehead atoms. The molecule has 0 unspecified atom stereocenters. The molecule has 0 atom stereocenters. The maximum absolute atomic E-state index is 3.78. The van der Waals surface area contributed by atoms with Crippen molar-refractivity contribution in [3.63, 3.8) is 0 Å². The van der Waals surface area contributed by atoms with Crippen molar-refractivity contribution in [2.24, 2.45) is 0 Å². The van der Waals surface area contributed by atoms with E-state index < -0.39 is 0 Å². The Labute approximate surface area is 134 Å². The summed E-state index contributed by atoms with van der Waals surface area (Å²) in [6.45, 7) is 0. The highest BCUT2D eigenvalue weighted by molar-refractivity contribution is 4.88. The zero-order chi connectivity index (χ0) is 16.3. The van der Waals surface area contributed by atoms with Crippen molar-refractivity contribution in [1.29, 1.82) is 0 Å². The van der Waals surface area contributed by atoms with Crippen LogP contribution >= 0.6 is 0 Å². The topological polar surface area (TPSA) is 93.1 Å². The largest absolute Gasteiger partial charge is 0.351 e. The van der Waals surface area contributed by atoms with Gasteiger partial charge in [-0.25, -0.2) is 4.98 Å². The molecule has 7 heteroatoms. The van der Waals surface area contributed by atoms with Crippen molar-refractivity contribution >= 4 is 0 Å². The Morgan fingerprint density at radius 1 is 0.435 bits per heavy atom. The molecule has 7 nitrogen and oxygen atoms in total. The van der Waals surface area contributed by atoms with Gasteiger partial charge in [0.2, 0.25) is 0 Å². The first-order chi connectivity index (χ1) is 11.5. The molecule has 0 aliphatic heterocycles. The number of rotatable bonds is 0. The van der Waals surface area contributed by atoms with E-state index in [4.69, 9.17) is 0 Å². The van der Waals surface area contributed by atoms with Crippen LogP contribution in [-0.2, 0) is 0 Å². The molecule has 1 N–H and O–H groups in total. The lowest BCUT2D eigenvalue weighted by Gasteiger charge is -1.70. The van der Waals surface area contributed by atoms with Gasteiger partial charge in [0.05, 0.1) is 6.33 Å². The first-order valence-corrected chi connectivity index (χ1v) is 6.69. The molecule has 0 amide bonds. The second kappa shape index (κ2) is 14.9. The van der Waals surface area contributed by atoms with Crippen LogP contribution in [0.25, 0.3) is 0 Å². The predicted molar refractivity (Wildman–Crippen MR) is 86.9 cm³/mol. The summed E-state index contributed by atoms with van der Waals surface area (Å²) in [5.41, 5.74) is 0. The van der Waals surface area contributed by atoms with E-state index in [0.29, 0.717) is 0 Å². The molecule has 4 heterocycles. The zero-order valence-electron chi connectivity index (χ0n) is 12.4. The van der Waals surface area contributed by atoms with Crippen molar-refractivity contribution < 1.29 is 0 Å². The fourth-order valence-corrected chi connectivity index (χ4v) is 1.03. The Hall–Kier alpha value is -3.48. The van der Waals surface area contributed by atoms with Gasteiger partial charge in [-0.05, 0) is 24.3 Å². The SMILES string of the molecule is c1c[nH]cn1.c1ccncc1.c1ccnnc1.c1cnccn1. The van der Waals surface area contributed by atoms with Crippen molar-refractivity contribution in [2.75, 3.05) is 0 Å². The summed E-state index contributed by atoms with van der Waals surface area (Å²) in [4.78, 5) is 17.6. The number of aromatic nitrogens is 7. The lowest BCUT2D eigenvalue weighted by atomic mass is 10.5. The summed E-state index contributed by atoms with van der Waals surface area (Å²) in [5.74, 6) is 0. The van der Waals surface area contributed by atoms with E-state index in [1.807, 2.05) is 30.3 Å². The second-order valence-electron chi connectivity index (χ2n) is 3.59. The lowest BCUT2D eigenvalue weighted by molar-refractivity contribution is 1.03. The first-order valence-electron chi connectivity index (χ1n) is 6.69. The standard InChI is InChI=1S/C5H5N.2C4H4N2.C3H4N2/c1-2-4-6-5-3-1;1-2-6-4-3-5-1;1-2-4-6-5-3-1;1-2-5-3-4-1/h1-5H;2*1-4H;1-3H,(H,4,5). The molecule has 23 heavy (non-hydrogen) atoms. The van der Waals surface area contributed by atoms with Crippen LogP contribution in [0.4, 0.5) is 0 Å². The molecule has 4 rings (SSSR count). The van der Waals surface area contributed by atoms with Gasteiger partial charge >= 0.3 is 0 Å². The molecule has 0 aliphatic carbocycles. The quantitative estimate of drug-likeness (QED) is 0.536. The number of aromatic amines is 1. The highest BCUT2D eigenvalue weighted by atomic mass is 15.1. The Bertz CT molecular complexity index is 459. The normalized spacial score (nSPS) is 8.00. The molecule has 116 valence electrons. The number of nitrogens with zero attached hydrogens (tertiary/aromatic N) is 6. The fraction of sp³-hybridized carbons (Fsp3) is 0. The van der Waals surface area contributed by atoms with E-state index in [-0.39, 0.29) is 0 Å². The molecule has 0 saturated heterocycles. The van der Waals surface area contributed by atoms with Gasteiger partial charge in [-0.1, -0.05) is 6.07 Å². The smallest absolute Gasteiger partial charge is 0.0919 e. The summed E-state index contributed by atoms with van der Waals surface area (Å²) in [5, 5.41) is 7.07. The monoisotopic (exact) mass is 307 g/mol. The molecular formula is C16H17N7. The maximum atomic E-state index is 3.78. The van der Waals surface area contributed by atoms with Gasteiger partial charge in [-0.3, -0.25) is 15.0 Å². The van der Waals surface area contributed by atoms with Crippen LogP contribution in [0.3, 0.4) is 0 Å². The minimum atomic E-state index is 1.62. The van der Waals surface area contributed by atoms with Crippen molar-refractivity contribution in [3.8, 4) is 0 Å². The van der Waals surface area contributed by atoms with Crippen molar-refractivity contribution in [1.82, 2.24) is 35.1 Å². The number of pyridine rings is 1. The highest BCUT2D eigenvalue weighted by Gasteiger charge is 1.60. The number of H-pyrrole nitrogens is 1. The van der Waals surface area contributed by atoms with Crippen LogP contribution in [0.1, 0.15) is 0 Å². The average molecular weight is 307 g/mol. The summed E-state index contributed by atoms with van der Waals surface area (Å²) in [6.07, 6.45) is 18.4. The molecule has 0 aliphatic rings. The van der Waals surface area contributed by atoms with Crippen molar-refractivity contribution in [2.45, 2.75) is 0 Å². The minimum Gasteiger partial charge on any atom is -0.351 e. The number of hydrogen-bond donors (Lipinski definition) is 1. The second-order valence-corrected chi connectivity index (χ2v) is 3.59. The summed E-state index contributed by atoms with van der Waals surface area (Å²) >= 11 is 0. The third-order valence-corrected chi connectivity index (χ3v) is 1.93. The van der Waals surface area contributed by atoms with E-state index in [9.17, 15) is 0 Å². The van der Waals surface area contributed by atoms with E-state index in [1.54, 1.807) is 68.3 Å². The Morgan fingerprint density at radius 3 is 1.13 bits per heavy atom. The zero-order valence-corrected chi connectivity index (χ0v) is 12.4. The van der Waals surface area contributed by atoms with Crippen LogP contribution in [0, 0.1) is 0 Å². The van der Waals surface area contributed by atoms with Crippen LogP contribution < -0.4 is 0 Å². The third kappa shape index (κ3) is 13.3. The van der Waals surface area contributed by atoms with E-state index in [2.05, 4.69) is 35.1 Å². The summed E-state index contributed by atoms with van der Waals surface area (Å²) in [6, 6.07) is 9.37.